The number of hydrogen-bond donors (Lipinski definition) is 0. The molecule has 0 N–H and O–H groups in total. The highest BCUT2D eigenvalue weighted by molar-refractivity contribution is 7.18. The number of rotatable bonds is 7. The molecule has 0 saturated carbocycles. The van der Waals surface area contributed by atoms with Gasteiger partial charge in [0.05, 0.1) is 16.9 Å². The van der Waals surface area contributed by atoms with Crippen molar-refractivity contribution in [3.63, 3.8) is 0 Å². The molecule has 1 amide bonds. The Labute approximate surface area is 188 Å². The van der Waals surface area contributed by atoms with Gasteiger partial charge in [0, 0.05) is 45.5 Å². The maximum absolute atomic E-state index is 12.0. The molecule has 4 rings (SSSR count). The van der Waals surface area contributed by atoms with E-state index in [9.17, 15) is 4.79 Å². The van der Waals surface area contributed by atoms with Crippen LogP contribution in [0.2, 0.25) is 0 Å². The highest BCUT2D eigenvalue weighted by Gasteiger charge is 2.33. The van der Waals surface area contributed by atoms with Gasteiger partial charge >= 0.3 is 0 Å². The van der Waals surface area contributed by atoms with Gasteiger partial charge in [0.15, 0.2) is 0 Å². The lowest BCUT2D eigenvalue weighted by Gasteiger charge is -2.39. The van der Waals surface area contributed by atoms with Gasteiger partial charge in [-0.25, -0.2) is 4.98 Å². The molecule has 0 unspecified atom stereocenters. The Bertz CT molecular complexity index is 1020. The number of amides is 1. The predicted molar refractivity (Wildman–Crippen MR) is 126 cm³/mol. The van der Waals surface area contributed by atoms with Crippen LogP contribution in [0.5, 0.6) is 5.75 Å². The summed E-state index contributed by atoms with van der Waals surface area (Å²) in [7, 11) is 3.65. The Kier molecular flexibility index (Phi) is 6.39. The lowest BCUT2D eigenvalue weighted by Crippen LogP contribution is -2.52. The molecule has 2 heterocycles. The van der Waals surface area contributed by atoms with Crippen LogP contribution in [0.15, 0.2) is 54.7 Å². The zero-order valence-electron chi connectivity index (χ0n) is 18.5. The monoisotopic (exact) mass is 435 g/mol. The summed E-state index contributed by atoms with van der Waals surface area (Å²) in [6.45, 7) is 6.62. The van der Waals surface area contributed by atoms with Crippen LogP contribution >= 0.6 is 11.3 Å². The molecule has 1 aliphatic rings. The van der Waals surface area contributed by atoms with Gasteiger partial charge in [-0.2, -0.15) is 0 Å². The minimum atomic E-state index is 0.147. The zero-order chi connectivity index (χ0) is 22.0. The van der Waals surface area contributed by atoms with Crippen molar-refractivity contribution in [3.05, 3.63) is 60.3 Å². The second-order valence-electron chi connectivity index (χ2n) is 8.54. The quantitative estimate of drug-likeness (QED) is 0.536. The van der Waals surface area contributed by atoms with Crippen molar-refractivity contribution in [1.29, 1.82) is 0 Å². The van der Waals surface area contributed by atoms with E-state index in [1.165, 1.54) is 5.56 Å². The SMILES string of the molecule is CC(C)Oc1ccc(-c2cnc(-c3ccc(CN4CC(C(=O)N(C)C)C4)cc3)s2)cc1. The van der Waals surface area contributed by atoms with Crippen molar-refractivity contribution in [2.75, 3.05) is 27.2 Å². The minimum Gasteiger partial charge on any atom is -0.491 e. The highest BCUT2D eigenvalue weighted by Crippen LogP contribution is 2.33. The summed E-state index contributed by atoms with van der Waals surface area (Å²) < 4.78 is 5.72. The smallest absolute Gasteiger partial charge is 0.227 e. The van der Waals surface area contributed by atoms with E-state index in [1.54, 1.807) is 16.2 Å². The Morgan fingerprint density at radius 1 is 1.10 bits per heavy atom. The van der Waals surface area contributed by atoms with E-state index in [-0.39, 0.29) is 17.9 Å². The first-order valence-corrected chi connectivity index (χ1v) is 11.5. The van der Waals surface area contributed by atoms with Gasteiger partial charge in [0.2, 0.25) is 5.91 Å². The van der Waals surface area contributed by atoms with Crippen LogP contribution in [-0.2, 0) is 11.3 Å². The molecule has 0 spiro atoms. The number of thiazole rings is 1. The maximum Gasteiger partial charge on any atom is 0.227 e. The summed E-state index contributed by atoms with van der Waals surface area (Å²) in [6.07, 6.45) is 2.11. The van der Waals surface area contributed by atoms with Crippen LogP contribution in [0.1, 0.15) is 19.4 Å². The molecule has 0 atom stereocenters. The van der Waals surface area contributed by atoms with Crippen LogP contribution in [0.25, 0.3) is 21.0 Å². The lowest BCUT2D eigenvalue weighted by molar-refractivity contribution is -0.138. The minimum absolute atomic E-state index is 0.147. The number of hydrogen-bond acceptors (Lipinski definition) is 5. The number of likely N-dealkylation sites (tertiary alicyclic amines) is 1. The normalized spacial score (nSPS) is 14.5. The molecule has 1 saturated heterocycles. The molecule has 0 radical (unpaired) electrons. The molecule has 31 heavy (non-hydrogen) atoms. The van der Waals surface area contributed by atoms with E-state index in [1.807, 2.05) is 46.3 Å². The summed E-state index contributed by atoms with van der Waals surface area (Å²) in [5.41, 5.74) is 3.54. The average molecular weight is 436 g/mol. The lowest BCUT2D eigenvalue weighted by atomic mass is 9.97. The van der Waals surface area contributed by atoms with Crippen LogP contribution in [-0.4, -0.2) is 54.0 Å². The fraction of sp³-hybridized carbons (Fsp3) is 0.360. The van der Waals surface area contributed by atoms with Gasteiger partial charge in [-0.05, 0) is 49.2 Å². The van der Waals surface area contributed by atoms with Crippen molar-refractivity contribution in [3.8, 4) is 26.8 Å². The zero-order valence-corrected chi connectivity index (χ0v) is 19.4. The van der Waals surface area contributed by atoms with Gasteiger partial charge in [-0.1, -0.05) is 24.3 Å². The van der Waals surface area contributed by atoms with Crippen LogP contribution in [0.3, 0.4) is 0 Å². The van der Waals surface area contributed by atoms with Crippen molar-refractivity contribution >= 4 is 17.2 Å². The first-order valence-electron chi connectivity index (χ1n) is 10.6. The second-order valence-corrected chi connectivity index (χ2v) is 9.57. The third-order valence-corrected chi connectivity index (χ3v) is 6.47. The van der Waals surface area contributed by atoms with Crippen LogP contribution in [0.4, 0.5) is 0 Å². The third-order valence-electron chi connectivity index (χ3n) is 5.37. The number of carbonyl (C=O) groups is 1. The third kappa shape index (κ3) is 5.14. The molecule has 0 aliphatic carbocycles. The molecule has 0 bridgehead atoms. The second kappa shape index (κ2) is 9.20. The standard InChI is InChI=1S/C25H29N3O2S/c1-17(2)30-22-11-9-19(10-12-22)23-13-26-24(31-23)20-7-5-18(6-8-20)14-28-15-21(16-28)25(29)27(3)4/h5-13,17,21H,14-16H2,1-4H3. The summed E-state index contributed by atoms with van der Waals surface area (Å²) in [5, 5.41) is 1.02. The molecule has 5 nitrogen and oxygen atoms in total. The van der Waals surface area contributed by atoms with E-state index in [2.05, 4.69) is 46.3 Å². The largest absolute Gasteiger partial charge is 0.491 e. The molecule has 2 aromatic carbocycles. The number of benzene rings is 2. The average Bonchev–Trinajstić information content (AvgIpc) is 3.20. The van der Waals surface area contributed by atoms with E-state index >= 15 is 0 Å². The highest BCUT2D eigenvalue weighted by atomic mass is 32.1. The van der Waals surface area contributed by atoms with E-state index in [4.69, 9.17) is 4.74 Å². The van der Waals surface area contributed by atoms with Crippen molar-refractivity contribution in [2.45, 2.75) is 26.5 Å². The molecule has 1 fully saturated rings. The molecule has 1 aliphatic heterocycles. The molecule has 3 aromatic rings. The van der Waals surface area contributed by atoms with E-state index < -0.39 is 0 Å². The number of carbonyl (C=O) groups excluding carboxylic acids is 1. The fourth-order valence-corrected chi connectivity index (χ4v) is 4.67. The van der Waals surface area contributed by atoms with Crippen molar-refractivity contribution in [2.24, 2.45) is 5.92 Å². The number of nitrogens with zero attached hydrogens (tertiary/aromatic N) is 3. The van der Waals surface area contributed by atoms with Crippen molar-refractivity contribution < 1.29 is 9.53 Å². The van der Waals surface area contributed by atoms with Gasteiger partial charge in [-0.3, -0.25) is 9.69 Å². The number of ether oxygens (including phenoxy) is 1. The van der Waals surface area contributed by atoms with Crippen molar-refractivity contribution in [1.82, 2.24) is 14.8 Å². The van der Waals surface area contributed by atoms with E-state index in [0.29, 0.717) is 0 Å². The summed E-state index contributed by atoms with van der Waals surface area (Å²) in [6, 6.07) is 16.8. The van der Waals surface area contributed by atoms with Gasteiger partial charge < -0.3 is 9.64 Å². The molecule has 6 heteroatoms. The Hall–Kier alpha value is -2.70. The summed E-state index contributed by atoms with van der Waals surface area (Å²) in [5.74, 6) is 1.26. The van der Waals surface area contributed by atoms with E-state index in [0.717, 1.165) is 46.4 Å². The topological polar surface area (TPSA) is 45.7 Å². The summed E-state index contributed by atoms with van der Waals surface area (Å²) in [4.78, 5) is 21.8. The van der Waals surface area contributed by atoms with Crippen LogP contribution in [0, 0.1) is 5.92 Å². The molecule has 1 aromatic heterocycles. The number of aromatic nitrogens is 1. The Morgan fingerprint density at radius 3 is 2.35 bits per heavy atom. The van der Waals surface area contributed by atoms with Gasteiger partial charge in [-0.15, -0.1) is 11.3 Å². The Morgan fingerprint density at radius 2 is 1.74 bits per heavy atom. The molecular weight excluding hydrogens is 406 g/mol. The Balaban J connectivity index is 1.36. The maximum atomic E-state index is 12.0. The van der Waals surface area contributed by atoms with Gasteiger partial charge in [0.1, 0.15) is 10.8 Å². The fourth-order valence-electron chi connectivity index (χ4n) is 3.74. The molecular formula is C25H29N3O2S. The predicted octanol–water partition coefficient (Wildman–Crippen LogP) is 4.78. The molecule has 162 valence electrons. The first-order chi connectivity index (χ1) is 14.9. The summed E-state index contributed by atoms with van der Waals surface area (Å²) >= 11 is 1.70. The first kappa shape index (κ1) is 21.5. The van der Waals surface area contributed by atoms with Crippen LogP contribution < -0.4 is 4.74 Å². The van der Waals surface area contributed by atoms with Gasteiger partial charge in [0.25, 0.3) is 0 Å².